The average molecular weight is 212 g/mol. The van der Waals surface area contributed by atoms with E-state index in [0.717, 1.165) is 0 Å². The lowest BCUT2D eigenvalue weighted by atomic mass is 9.92. The van der Waals surface area contributed by atoms with Gasteiger partial charge in [0.05, 0.1) is 13.2 Å². The summed E-state index contributed by atoms with van der Waals surface area (Å²) in [5.74, 6) is -0.0875. The molecule has 0 heterocycles. The lowest BCUT2D eigenvalue weighted by Crippen LogP contribution is -2.16. The van der Waals surface area contributed by atoms with Crippen LogP contribution in [0.3, 0.4) is 0 Å². The number of rotatable bonds is 4. The zero-order valence-corrected chi connectivity index (χ0v) is 9.33. The molecule has 0 saturated carbocycles. The van der Waals surface area contributed by atoms with Crippen molar-refractivity contribution in [3.05, 3.63) is 29.6 Å². The Morgan fingerprint density at radius 2 is 2.13 bits per heavy atom. The summed E-state index contributed by atoms with van der Waals surface area (Å²) >= 11 is 0. The van der Waals surface area contributed by atoms with Gasteiger partial charge in [-0.15, -0.1) is 0 Å². The van der Waals surface area contributed by atoms with Crippen LogP contribution in [0.25, 0.3) is 0 Å². The van der Waals surface area contributed by atoms with Crippen LogP contribution in [0.15, 0.2) is 18.2 Å². The molecule has 0 aliphatic rings. The average Bonchev–Trinajstić information content (AvgIpc) is 2.26. The first-order valence-electron chi connectivity index (χ1n) is 5.12. The fourth-order valence-electron chi connectivity index (χ4n) is 1.68. The van der Waals surface area contributed by atoms with E-state index in [-0.39, 0.29) is 11.7 Å². The predicted octanol–water partition coefficient (Wildman–Crippen LogP) is 2.71. The van der Waals surface area contributed by atoms with Gasteiger partial charge in [0.2, 0.25) is 0 Å². The van der Waals surface area contributed by atoms with Gasteiger partial charge in [-0.1, -0.05) is 19.9 Å². The fraction of sp³-hybridized carbons (Fsp3) is 0.500. The van der Waals surface area contributed by atoms with Crippen LogP contribution >= 0.6 is 0 Å². The van der Waals surface area contributed by atoms with Crippen molar-refractivity contribution >= 4 is 0 Å². The maximum Gasteiger partial charge on any atom is 0.130 e. The van der Waals surface area contributed by atoms with Crippen LogP contribution in [0, 0.1) is 5.82 Å². The van der Waals surface area contributed by atoms with Crippen LogP contribution in [0.4, 0.5) is 4.39 Å². The summed E-state index contributed by atoms with van der Waals surface area (Å²) in [6, 6.07) is 4.69. The maximum atomic E-state index is 13.6. The molecule has 2 atom stereocenters. The van der Waals surface area contributed by atoms with Gasteiger partial charge in [0.15, 0.2) is 0 Å². The summed E-state index contributed by atoms with van der Waals surface area (Å²) < 4.78 is 18.7. The van der Waals surface area contributed by atoms with Gasteiger partial charge >= 0.3 is 0 Å². The molecule has 0 amide bonds. The van der Waals surface area contributed by atoms with Crippen molar-refractivity contribution in [3.8, 4) is 5.75 Å². The third kappa shape index (κ3) is 2.48. The number of hydrogen-bond acceptors (Lipinski definition) is 2. The fourth-order valence-corrected chi connectivity index (χ4v) is 1.68. The molecule has 1 rings (SSSR count). The molecule has 15 heavy (non-hydrogen) atoms. The minimum Gasteiger partial charge on any atom is -0.496 e. The molecule has 0 aliphatic carbocycles. The molecule has 0 radical (unpaired) electrons. The number of ether oxygens (including phenoxy) is 1. The van der Waals surface area contributed by atoms with Crippen molar-refractivity contribution in [1.82, 2.24) is 0 Å². The molecule has 2 nitrogen and oxygen atoms in total. The van der Waals surface area contributed by atoms with Crippen molar-refractivity contribution in [3.63, 3.8) is 0 Å². The third-order valence-electron chi connectivity index (χ3n) is 2.68. The molecule has 84 valence electrons. The summed E-state index contributed by atoms with van der Waals surface area (Å²) in [5.41, 5.74) is 0.453. The van der Waals surface area contributed by atoms with Gasteiger partial charge in [-0.25, -0.2) is 4.39 Å². The lowest BCUT2D eigenvalue weighted by Gasteiger charge is -2.20. The van der Waals surface area contributed by atoms with Crippen LogP contribution < -0.4 is 4.74 Å². The van der Waals surface area contributed by atoms with E-state index >= 15 is 0 Å². The van der Waals surface area contributed by atoms with Crippen LogP contribution in [-0.4, -0.2) is 18.3 Å². The Labute approximate surface area is 89.7 Å². The van der Waals surface area contributed by atoms with Crippen molar-refractivity contribution < 1.29 is 14.2 Å². The van der Waals surface area contributed by atoms with E-state index in [2.05, 4.69) is 0 Å². The lowest BCUT2D eigenvalue weighted by molar-refractivity contribution is 0.142. The molecule has 0 fully saturated rings. The molecule has 1 N–H and O–H groups in total. The van der Waals surface area contributed by atoms with Gasteiger partial charge < -0.3 is 9.84 Å². The van der Waals surface area contributed by atoms with Gasteiger partial charge in [0.1, 0.15) is 11.6 Å². The molecule has 2 unspecified atom stereocenters. The highest BCUT2D eigenvalue weighted by molar-refractivity contribution is 5.37. The molecule has 0 spiro atoms. The number of halogens is 1. The first kappa shape index (κ1) is 12.0. The van der Waals surface area contributed by atoms with E-state index in [4.69, 9.17) is 4.74 Å². The second kappa shape index (κ2) is 5.12. The number of benzene rings is 1. The van der Waals surface area contributed by atoms with Crippen LogP contribution in [0.2, 0.25) is 0 Å². The van der Waals surface area contributed by atoms with Gasteiger partial charge in [-0.05, 0) is 18.6 Å². The highest BCUT2D eigenvalue weighted by Crippen LogP contribution is 2.31. The number of methoxy groups -OCH3 is 1. The van der Waals surface area contributed by atoms with Crippen molar-refractivity contribution in [2.75, 3.05) is 7.11 Å². The Morgan fingerprint density at radius 1 is 1.47 bits per heavy atom. The Hall–Kier alpha value is -1.09. The highest BCUT2D eigenvalue weighted by Gasteiger charge is 2.21. The van der Waals surface area contributed by atoms with Gasteiger partial charge in [0, 0.05) is 11.5 Å². The topological polar surface area (TPSA) is 29.5 Å². The van der Waals surface area contributed by atoms with Crippen molar-refractivity contribution in [1.29, 1.82) is 0 Å². The third-order valence-corrected chi connectivity index (χ3v) is 2.68. The summed E-state index contributed by atoms with van der Waals surface area (Å²) in [4.78, 5) is 0. The summed E-state index contributed by atoms with van der Waals surface area (Å²) in [6.07, 6.45) is 0.0503. The quantitative estimate of drug-likeness (QED) is 0.831. The van der Waals surface area contributed by atoms with E-state index < -0.39 is 6.10 Å². The van der Waals surface area contributed by atoms with Crippen LogP contribution in [0.5, 0.6) is 5.75 Å². The molecular formula is C12H17FO2. The second-order valence-electron chi connectivity index (χ2n) is 3.62. The van der Waals surface area contributed by atoms with E-state index in [1.807, 2.05) is 6.92 Å². The van der Waals surface area contributed by atoms with Crippen molar-refractivity contribution in [2.24, 2.45) is 0 Å². The normalized spacial score (nSPS) is 14.7. The highest BCUT2D eigenvalue weighted by atomic mass is 19.1. The first-order valence-corrected chi connectivity index (χ1v) is 5.12. The van der Waals surface area contributed by atoms with E-state index in [1.54, 1.807) is 19.1 Å². The first-order chi connectivity index (χ1) is 7.11. The molecule has 0 saturated heterocycles. The second-order valence-corrected chi connectivity index (χ2v) is 3.62. The van der Waals surface area contributed by atoms with Crippen molar-refractivity contribution in [2.45, 2.75) is 32.3 Å². The van der Waals surface area contributed by atoms with Gasteiger partial charge in [-0.2, -0.15) is 0 Å². The molecule has 0 aromatic heterocycles. The molecule has 0 bridgehead atoms. The minimum absolute atomic E-state index is 0.258. The van der Waals surface area contributed by atoms with Crippen LogP contribution in [-0.2, 0) is 0 Å². The zero-order valence-electron chi connectivity index (χ0n) is 9.33. The maximum absolute atomic E-state index is 13.6. The summed E-state index contributed by atoms with van der Waals surface area (Å²) in [7, 11) is 1.50. The molecule has 0 aliphatic heterocycles. The van der Waals surface area contributed by atoms with Gasteiger partial charge in [0.25, 0.3) is 0 Å². The summed E-state index contributed by atoms with van der Waals surface area (Å²) in [6.45, 7) is 3.67. The Morgan fingerprint density at radius 3 is 2.67 bits per heavy atom. The molecular weight excluding hydrogens is 195 g/mol. The Bertz CT molecular complexity index is 325. The van der Waals surface area contributed by atoms with E-state index in [0.29, 0.717) is 17.7 Å². The Balaban J connectivity index is 3.10. The zero-order chi connectivity index (χ0) is 11.4. The van der Waals surface area contributed by atoms with Gasteiger partial charge in [-0.3, -0.25) is 0 Å². The number of aliphatic hydroxyl groups excluding tert-OH is 1. The Kier molecular flexibility index (Phi) is 4.09. The molecule has 1 aromatic rings. The van der Waals surface area contributed by atoms with Crippen LogP contribution in [0.1, 0.15) is 31.7 Å². The summed E-state index contributed by atoms with van der Waals surface area (Å²) in [5, 5.41) is 9.70. The smallest absolute Gasteiger partial charge is 0.130 e. The number of aliphatic hydroxyl groups is 1. The van der Waals surface area contributed by atoms with E-state index in [9.17, 15) is 9.50 Å². The molecule has 3 heteroatoms. The molecule has 1 aromatic carbocycles. The minimum atomic E-state index is -0.546. The largest absolute Gasteiger partial charge is 0.496 e. The standard InChI is InChI=1S/C12H17FO2/c1-4-10(14)8(2)12-9(13)6-5-7-11(12)15-3/h5-8,10,14H,4H2,1-3H3. The SMILES string of the molecule is CCC(O)C(C)c1c(F)cccc1OC. The predicted molar refractivity (Wildman–Crippen MR) is 57.7 cm³/mol. The number of hydrogen-bond donors (Lipinski definition) is 1. The monoisotopic (exact) mass is 212 g/mol. The van der Waals surface area contributed by atoms with E-state index in [1.165, 1.54) is 13.2 Å².